The van der Waals surface area contributed by atoms with Crippen LogP contribution in [-0.2, 0) is 6.42 Å². The molecule has 0 aliphatic heterocycles. The quantitative estimate of drug-likeness (QED) is 0.888. The van der Waals surface area contributed by atoms with Crippen LogP contribution in [0.5, 0.6) is 0 Å². The normalized spacial score (nSPS) is 12.6. The van der Waals surface area contributed by atoms with Crippen molar-refractivity contribution in [2.45, 2.75) is 19.4 Å². The molecule has 0 aliphatic rings. The molecule has 1 aromatic heterocycles. The van der Waals surface area contributed by atoms with E-state index in [1.165, 1.54) is 0 Å². The Bertz CT molecular complexity index is 479. The van der Waals surface area contributed by atoms with Crippen LogP contribution in [0.3, 0.4) is 0 Å². The fourth-order valence-electron chi connectivity index (χ4n) is 1.89. The van der Waals surface area contributed by atoms with Crippen molar-refractivity contribution in [3.8, 4) is 0 Å². The van der Waals surface area contributed by atoms with Gasteiger partial charge in [-0.25, -0.2) is 4.98 Å². The molecule has 18 heavy (non-hydrogen) atoms. The molecule has 2 rings (SSSR count). The van der Waals surface area contributed by atoms with Crippen LogP contribution < -0.4 is 5.32 Å². The highest BCUT2D eigenvalue weighted by atomic mass is 35.5. The van der Waals surface area contributed by atoms with Crippen molar-refractivity contribution < 1.29 is 0 Å². The summed E-state index contributed by atoms with van der Waals surface area (Å²) in [6, 6.07) is 5.70. The predicted octanol–water partition coefficient (Wildman–Crippen LogP) is 4.34. The smallest absolute Gasteiger partial charge is 0.0943 e. The van der Waals surface area contributed by atoms with Gasteiger partial charge >= 0.3 is 0 Å². The summed E-state index contributed by atoms with van der Waals surface area (Å²) >= 11 is 14.2. The van der Waals surface area contributed by atoms with Gasteiger partial charge in [-0.2, -0.15) is 0 Å². The van der Waals surface area contributed by atoms with Crippen molar-refractivity contribution in [1.29, 1.82) is 0 Å². The van der Waals surface area contributed by atoms with E-state index in [2.05, 4.69) is 17.2 Å². The Morgan fingerprint density at radius 1 is 1.33 bits per heavy atom. The molecule has 0 amide bonds. The van der Waals surface area contributed by atoms with Crippen molar-refractivity contribution in [1.82, 2.24) is 10.3 Å². The zero-order valence-corrected chi connectivity index (χ0v) is 12.3. The van der Waals surface area contributed by atoms with Gasteiger partial charge in [-0.1, -0.05) is 36.2 Å². The van der Waals surface area contributed by atoms with Gasteiger partial charge in [-0.3, -0.25) is 0 Å². The maximum absolute atomic E-state index is 6.26. The molecule has 1 atom stereocenters. The third kappa shape index (κ3) is 3.23. The van der Waals surface area contributed by atoms with Crippen LogP contribution >= 0.6 is 34.5 Å². The van der Waals surface area contributed by atoms with Crippen molar-refractivity contribution in [2.24, 2.45) is 0 Å². The summed E-state index contributed by atoms with van der Waals surface area (Å²) in [5.74, 6) is 0. The summed E-state index contributed by atoms with van der Waals surface area (Å²) in [5, 5.41) is 7.87. The summed E-state index contributed by atoms with van der Waals surface area (Å²) in [7, 11) is 0. The number of hydrogen-bond acceptors (Lipinski definition) is 3. The first-order valence-electron chi connectivity index (χ1n) is 5.78. The van der Waals surface area contributed by atoms with Crippen LogP contribution in [0.2, 0.25) is 10.0 Å². The van der Waals surface area contributed by atoms with Gasteiger partial charge in [0.25, 0.3) is 0 Å². The fourth-order valence-corrected chi connectivity index (χ4v) is 3.22. The number of nitrogens with zero attached hydrogens (tertiary/aromatic N) is 1. The van der Waals surface area contributed by atoms with Gasteiger partial charge < -0.3 is 5.32 Å². The fraction of sp³-hybridized carbons (Fsp3) is 0.308. The molecule has 5 heteroatoms. The van der Waals surface area contributed by atoms with Crippen LogP contribution in [0.15, 0.2) is 29.8 Å². The Hall–Kier alpha value is -0.610. The molecule has 0 saturated heterocycles. The first-order valence-corrected chi connectivity index (χ1v) is 7.41. The summed E-state index contributed by atoms with van der Waals surface area (Å²) < 4.78 is 0. The van der Waals surface area contributed by atoms with E-state index in [1.807, 2.05) is 29.8 Å². The summed E-state index contributed by atoms with van der Waals surface area (Å²) in [5.41, 5.74) is 0.956. The average Bonchev–Trinajstić information content (AvgIpc) is 2.82. The molecule has 1 heterocycles. The lowest BCUT2D eigenvalue weighted by Crippen LogP contribution is -2.23. The highest BCUT2D eigenvalue weighted by molar-refractivity contribution is 7.09. The Kier molecular flexibility index (Phi) is 5.01. The minimum Gasteiger partial charge on any atom is -0.310 e. The Morgan fingerprint density at radius 2 is 2.06 bits per heavy atom. The van der Waals surface area contributed by atoms with Gasteiger partial charge in [0.15, 0.2) is 0 Å². The Balaban J connectivity index is 2.29. The van der Waals surface area contributed by atoms with E-state index < -0.39 is 0 Å². The van der Waals surface area contributed by atoms with Crippen LogP contribution in [0.1, 0.15) is 23.5 Å². The van der Waals surface area contributed by atoms with Gasteiger partial charge in [-0.15, -0.1) is 11.3 Å². The number of aromatic nitrogens is 1. The molecule has 0 aliphatic carbocycles. The van der Waals surface area contributed by atoms with Gasteiger partial charge in [0, 0.05) is 39.6 Å². The molecule has 96 valence electrons. The van der Waals surface area contributed by atoms with Crippen LogP contribution in [-0.4, -0.2) is 11.5 Å². The van der Waals surface area contributed by atoms with Crippen molar-refractivity contribution in [3.05, 3.63) is 50.4 Å². The summed E-state index contributed by atoms with van der Waals surface area (Å²) in [6.45, 7) is 2.93. The van der Waals surface area contributed by atoms with E-state index in [1.54, 1.807) is 11.3 Å². The monoisotopic (exact) mass is 300 g/mol. The van der Waals surface area contributed by atoms with Gasteiger partial charge in [0.05, 0.1) is 5.01 Å². The minimum atomic E-state index is 0.0994. The molecule has 1 aromatic carbocycles. The third-order valence-corrected chi connectivity index (χ3v) is 4.12. The van der Waals surface area contributed by atoms with E-state index in [4.69, 9.17) is 23.2 Å². The average molecular weight is 301 g/mol. The molecule has 0 radical (unpaired) electrons. The lowest BCUT2D eigenvalue weighted by Gasteiger charge is -2.19. The molecule has 0 spiro atoms. The van der Waals surface area contributed by atoms with Crippen LogP contribution in [0.4, 0.5) is 0 Å². The number of hydrogen-bond donors (Lipinski definition) is 1. The summed E-state index contributed by atoms with van der Waals surface area (Å²) in [6.07, 6.45) is 2.62. The minimum absolute atomic E-state index is 0.0994. The SMILES string of the molecule is CCNC(Cc1nccs1)c1c(Cl)cccc1Cl. The highest BCUT2D eigenvalue weighted by Crippen LogP contribution is 2.32. The molecule has 1 unspecified atom stereocenters. The molecule has 0 fully saturated rings. The second-order valence-electron chi connectivity index (χ2n) is 3.88. The Labute approximate surface area is 121 Å². The standard InChI is InChI=1S/C13H14Cl2N2S/c1-2-16-11(8-12-17-6-7-18-12)13-9(14)4-3-5-10(13)15/h3-7,11,16H,2,8H2,1H3. The summed E-state index contributed by atoms with van der Waals surface area (Å²) in [4.78, 5) is 4.32. The number of nitrogens with one attached hydrogen (secondary N) is 1. The lowest BCUT2D eigenvalue weighted by atomic mass is 10.0. The Morgan fingerprint density at radius 3 is 2.61 bits per heavy atom. The van der Waals surface area contributed by atoms with E-state index in [9.17, 15) is 0 Å². The highest BCUT2D eigenvalue weighted by Gasteiger charge is 2.18. The molecule has 2 aromatic rings. The zero-order valence-electron chi connectivity index (χ0n) is 9.99. The van der Waals surface area contributed by atoms with Crippen LogP contribution in [0, 0.1) is 0 Å². The first kappa shape index (κ1) is 13.8. The van der Waals surface area contributed by atoms with E-state index >= 15 is 0 Å². The number of rotatable bonds is 5. The van der Waals surface area contributed by atoms with Crippen molar-refractivity contribution in [3.63, 3.8) is 0 Å². The van der Waals surface area contributed by atoms with Gasteiger partial charge in [0.1, 0.15) is 0 Å². The lowest BCUT2D eigenvalue weighted by molar-refractivity contribution is 0.549. The van der Waals surface area contributed by atoms with E-state index in [0.29, 0.717) is 10.0 Å². The number of halogens is 2. The predicted molar refractivity (Wildman–Crippen MR) is 78.7 cm³/mol. The molecule has 0 saturated carbocycles. The van der Waals surface area contributed by atoms with E-state index in [0.717, 1.165) is 23.5 Å². The van der Waals surface area contributed by atoms with Gasteiger partial charge in [0.2, 0.25) is 0 Å². The number of thiazole rings is 1. The molecular formula is C13H14Cl2N2S. The number of benzene rings is 1. The molecule has 1 N–H and O–H groups in total. The molecule has 0 bridgehead atoms. The topological polar surface area (TPSA) is 24.9 Å². The molecule has 2 nitrogen and oxygen atoms in total. The largest absolute Gasteiger partial charge is 0.310 e. The van der Waals surface area contributed by atoms with Crippen molar-refractivity contribution in [2.75, 3.05) is 6.54 Å². The van der Waals surface area contributed by atoms with E-state index in [-0.39, 0.29) is 6.04 Å². The maximum atomic E-state index is 6.26. The second kappa shape index (κ2) is 6.53. The maximum Gasteiger partial charge on any atom is 0.0943 e. The van der Waals surface area contributed by atoms with Crippen molar-refractivity contribution >= 4 is 34.5 Å². The second-order valence-corrected chi connectivity index (χ2v) is 5.67. The zero-order chi connectivity index (χ0) is 13.0. The first-order chi connectivity index (χ1) is 8.72. The van der Waals surface area contributed by atoms with Crippen LogP contribution in [0.25, 0.3) is 0 Å². The molecular weight excluding hydrogens is 287 g/mol. The third-order valence-electron chi connectivity index (χ3n) is 2.66. The number of likely N-dealkylation sites (N-methyl/N-ethyl adjacent to an activating group) is 1. The van der Waals surface area contributed by atoms with Gasteiger partial charge in [-0.05, 0) is 18.7 Å².